The van der Waals surface area contributed by atoms with Gasteiger partial charge >= 0.3 is 0 Å². The molecule has 0 aliphatic carbocycles. The van der Waals surface area contributed by atoms with E-state index < -0.39 is 10.0 Å². The summed E-state index contributed by atoms with van der Waals surface area (Å²) in [7, 11) is -3.37. The van der Waals surface area contributed by atoms with Gasteiger partial charge in [0.15, 0.2) is 5.96 Å². The Hall–Kier alpha value is -1.60. The molecule has 0 saturated carbocycles. The van der Waals surface area contributed by atoms with Gasteiger partial charge in [0.05, 0.1) is 11.4 Å². The number of rotatable bonds is 8. The fourth-order valence-corrected chi connectivity index (χ4v) is 4.53. The lowest BCUT2D eigenvalue weighted by atomic mass is 10.1. The first-order valence-electron chi connectivity index (χ1n) is 10.0. The third-order valence-corrected chi connectivity index (χ3v) is 6.57. The number of sulfonamides is 1. The summed E-state index contributed by atoms with van der Waals surface area (Å²) >= 11 is 0. The maximum Gasteiger partial charge on any atom is 0.243 e. The van der Waals surface area contributed by atoms with Crippen LogP contribution >= 0.6 is 0 Å². The lowest BCUT2D eigenvalue weighted by molar-refractivity contribution is 0.346. The van der Waals surface area contributed by atoms with Crippen LogP contribution in [0.5, 0.6) is 0 Å². The molecule has 1 saturated heterocycles. The normalized spacial score (nSPS) is 16.5. The SMILES string of the molecule is CCNC(=NCc1ccc(S(=O)(=O)N2CCCCC2)cc1)NCCC(C)C. The van der Waals surface area contributed by atoms with Gasteiger partial charge in [-0.3, -0.25) is 0 Å². The Morgan fingerprint density at radius 3 is 2.37 bits per heavy atom. The van der Waals surface area contributed by atoms with Gasteiger partial charge < -0.3 is 10.6 Å². The summed E-state index contributed by atoms with van der Waals surface area (Å²) in [6, 6.07) is 7.12. The second-order valence-corrected chi connectivity index (χ2v) is 9.35. The molecule has 1 fully saturated rings. The minimum Gasteiger partial charge on any atom is -0.357 e. The first kappa shape index (κ1) is 21.7. The molecule has 1 aliphatic heterocycles. The van der Waals surface area contributed by atoms with Crippen LogP contribution in [0.2, 0.25) is 0 Å². The highest BCUT2D eigenvalue weighted by molar-refractivity contribution is 7.89. The van der Waals surface area contributed by atoms with E-state index in [1.54, 1.807) is 16.4 Å². The topological polar surface area (TPSA) is 73.8 Å². The van der Waals surface area contributed by atoms with Gasteiger partial charge in [0.2, 0.25) is 10.0 Å². The van der Waals surface area contributed by atoms with Crippen molar-refractivity contribution in [3.8, 4) is 0 Å². The fraction of sp³-hybridized carbons (Fsp3) is 0.650. The van der Waals surface area contributed by atoms with Gasteiger partial charge in [-0.05, 0) is 49.8 Å². The van der Waals surface area contributed by atoms with Gasteiger partial charge in [-0.2, -0.15) is 4.31 Å². The second kappa shape index (κ2) is 10.7. The molecule has 1 heterocycles. The zero-order valence-corrected chi connectivity index (χ0v) is 17.7. The molecule has 0 unspecified atom stereocenters. The summed E-state index contributed by atoms with van der Waals surface area (Å²) < 4.78 is 27.0. The minimum absolute atomic E-state index is 0.374. The molecule has 0 radical (unpaired) electrons. The molecule has 1 aliphatic rings. The van der Waals surface area contributed by atoms with Crippen molar-refractivity contribution in [2.45, 2.75) is 57.9 Å². The van der Waals surface area contributed by atoms with Crippen LogP contribution in [0, 0.1) is 5.92 Å². The molecule has 2 rings (SSSR count). The fourth-order valence-electron chi connectivity index (χ4n) is 3.01. The van der Waals surface area contributed by atoms with Crippen molar-refractivity contribution in [3.63, 3.8) is 0 Å². The van der Waals surface area contributed by atoms with E-state index in [9.17, 15) is 8.42 Å². The van der Waals surface area contributed by atoms with Crippen molar-refractivity contribution in [1.29, 1.82) is 0 Å². The molecule has 152 valence electrons. The van der Waals surface area contributed by atoms with Gasteiger partial charge in [-0.25, -0.2) is 13.4 Å². The third kappa shape index (κ3) is 6.81. The van der Waals surface area contributed by atoms with Gasteiger partial charge in [0.1, 0.15) is 0 Å². The molecular formula is C20H34N4O2S. The zero-order chi connectivity index (χ0) is 19.7. The molecule has 0 aromatic heterocycles. The molecule has 1 aromatic rings. The van der Waals surface area contributed by atoms with Gasteiger partial charge in [0.25, 0.3) is 0 Å². The number of nitrogens with one attached hydrogen (secondary N) is 2. The molecule has 0 amide bonds. The Bertz CT molecular complexity index is 693. The highest BCUT2D eigenvalue weighted by atomic mass is 32.2. The second-order valence-electron chi connectivity index (χ2n) is 7.41. The molecule has 0 bridgehead atoms. The van der Waals surface area contributed by atoms with Crippen molar-refractivity contribution in [2.75, 3.05) is 26.2 Å². The highest BCUT2D eigenvalue weighted by Gasteiger charge is 2.25. The standard InChI is InChI=1S/C20H34N4O2S/c1-4-21-20(22-13-12-17(2)3)23-16-18-8-10-19(11-9-18)27(25,26)24-14-6-5-7-15-24/h8-11,17H,4-7,12-16H2,1-3H3,(H2,21,22,23). The number of guanidine groups is 1. The summed E-state index contributed by atoms with van der Waals surface area (Å²) in [5.74, 6) is 1.44. The van der Waals surface area contributed by atoms with E-state index in [0.29, 0.717) is 30.4 Å². The molecule has 2 N–H and O–H groups in total. The lowest BCUT2D eigenvalue weighted by Crippen LogP contribution is -2.38. The summed E-state index contributed by atoms with van der Waals surface area (Å²) in [4.78, 5) is 4.97. The van der Waals surface area contributed by atoms with E-state index in [-0.39, 0.29) is 0 Å². The Morgan fingerprint density at radius 2 is 1.78 bits per heavy atom. The van der Waals surface area contributed by atoms with E-state index in [4.69, 9.17) is 0 Å². The number of nitrogens with zero attached hydrogens (tertiary/aromatic N) is 2. The van der Waals surface area contributed by atoms with Crippen LogP contribution in [-0.4, -0.2) is 44.9 Å². The third-order valence-electron chi connectivity index (χ3n) is 4.65. The number of piperidine rings is 1. The first-order valence-corrected chi connectivity index (χ1v) is 11.5. The monoisotopic (exact) mass is 394 g/mol. The predicted octanol–water partition coefficient (Wildman–Crippen LogP) is 2.96. The van der Waals surface area contributed by atoms with Crippen LogP contribution in [-0.2, 0) is 16.6 Å². The van der Waals surface area contributed by atoms with Crippen LogP contribution in [0.15, 0.2) is 34.2 Å². The number of benzene rings is 1. The van der Waals surface area contributed by atoms with Crippen molar-refractivity contribution in [1.82, 2.24) is 14.9 Å². The van der Waals surface area contributed by atoms with Crippen LogP contribution in [0.3, 0.4) is 0 Å². The van der Waals surface area contributed by atoms with Crippen LogP contribution in [0.1, 0.15) is 52.0 Å². The number of hydrogen-bond donors (Lipinski definition) is 2. The summed E-state index contributed by atoms with van der Waals surface area (Å²) in [6.45, 7) is 9.90. The van der Waals surface area contributed by atoms with E-state index in [2.05, 4.69) is 29.5 Å². The highest BCUT2D eigenvalue weighted by Crippen LogP contribution is 2.21. The minimum atomic E-state index is -3.37. The average Bonchev–Trinajstić information content (AvgIpc) is 2.67. The molecule has 6 nitrogen and oxygen atoms in total. The van der Waals surface area contributed by atoms with E-state index in [1.165, 1.54) is 0 Å². The van der Waals surface area contributed by atoms with Crippen LogP contribution < -0.4 is 10.6 Å². The van der Waals surface area contributed by atoms with Crippen LogP contribution in [0.4, 0.5) is 0 Å². The smallest absolute Gasteiger partial charge is 0.243 e. The average molecular weight is 395 g/mol. The van der Waals surface area contributed by atoms with Gasteiger partial charge in [0, 0.05) is 26.2 Å². The first-order chi connectivity index (χ1) is 12.9. The van der Waals surface area contributed by atoms with Crippen molar-refractivity contribution >= 4 is 16.0 Å². The maximum atomic E-state index is 12.7. The molecule has 7 heteroatoms. The van der Waals surface area contributed by atoms with Crippen molar-refractivity contribution < 1.29 is 8.42 Å². The van der Waals surface area contributed by atoms with E-state index in [1.807, 2.05) is 19.1 Å². The quantitative estimate of drug-likeness (QED) is 0.525. The molecule has 1 aromatic carbocycles. The maximum absolute atomic E-state index is 12.7. The van der Waals surface area contributed by atoms with Crippen LogP contribution in [0.25, 0.3) is 0 Å². The Labute approximate surface area is 164 Å². The van der Waals surface area contributed by atoms with Gasteiger partial charge in [-0.15, -0.1) is 0 Å². The van der Waals surface area contributed by atoms with Crippen molar-refractivity contribution in [2.24, 2.45) is 10.9 Å². The molecular weight excluding hydrogens is 360 g/mol. The predicted molar refractivity (Wildman–Crippen MR) is 111 cm³/mol. The summed E-state index contributed by atoms with van der Waals surface area (Å²) in [5, 5.41) is 6.58. The van der Waals surface area contributed by atoms with Crippen molar-refractivity contribution in [3.05, 3.63) is 29.8 Å². The summed E-state index contributed by atoms with van der Waals surface area (Å²) in [6.07, 6.45) is 4.10. The lowest BCUT2D eigenvalue weighted by Gasteiger charge is -2.25. The number of hydrogen-bond acceptors (Lipinski definition) is 3. The Morgan fingerprint density at radius 1 is 1.11 bits per heavy atom. The number of aliphatic imine (C=N–C) groups is 1. The summed E-state index contributed by atoms with van der Waals surface area (Å²) in [5.41, 5.74) is 0.994. The largest absolute Gasteiger partial charge is 0.357 e. The van der Waals surface area contributed by atoms with E-state index in [0.717, 1.165) is 50.3 Å². The van der Waals surface area contributed by atoms with E-state index >= 15 is 0 Å². The Balaban J connectivity index is 1.98. The molecule has 0 atom stereocenters. The molecule has 27 heavy (non-hydrogen) atoms. The van der Waals surface area contributed by atoms with Gasteiger partial charge in [-0.1, -0.05) is 32.4 Å². The Kier molecular flexibility index (Phi) is 8.57. The zero-order valence-electron chi connectivity index (χ0n) is 16.9. The molecule has 0 spiro atoms.